The largest absolute Gasteiger partial charge is 0.407 e. The normalized spacial score (nSPS) is 21.0. The van der Waals surface area contributed by atoms with Gasteiger partial charge in [-0.3, -0.25) is 0 Å². The Bertz CT molecular complexity index is 962. The van der Waals surface area contributed by atoms with Crippen LogP contribution in [0.2, 0.25) is 5.04 Å². The van der Waals surface area contributed by atoms with Crippen LogP contribution in [0, 0.1) is 11.8 Å². The second kappa shape index (κ2) is 11.0. The smallest absolute Gasteiger partial charge is 0.261 e. The fourth-order valence-electron chi connectivity index (χ4n) is 5.48. The monoisotopic (exact) mass is 474 g/mol. The molecule has 3 aromatic carbocycles. The molecule has 0 aliphatic heterocycles. The van der Waals surface area contributed by atoms with E-state index in [0.29, 0.717) is 25.7 Å². The van der Waals surface area contributed by atoms with Gasteiger partial charge < -0.3 is 14.3 Å². The summed E-state index contributed by atoms with van der Waals surface area (Å²) in [6.45, 7) is 8.83. The van der Waals surface area contributed by atoms with E-state index in [1.165, 1.54) is 15.9 Å². The molecule has 1 aliphatic carbocycles. The summed E-state index contributed by atoms with van der Waals surface area (Å²) in [5.41, 5.74) is 1.18. The second-order valence-corrected chi connectivity index (χ2v) is 14.9. The van der Waals surface area contributed by atoms with Crippen LogP contribution in [-0.4, -0.2) is 32.7 Å². The van der Waals surface area contributed by atoms with Crippen molar-refractivity contribution in [1.82, 2.24) is 0 Å². The Kier molecular flexibility index (Phi) is 8.05. The molecule has 0 heterocycles. The standard InChI is InChI=1S/C30H38O3Si/c1-30(2,3)34(28-15-9-5-10-16-28,29-17-11-6-12-18-29)33-23-26-20-27(31)19-25(26)22-32-21-24-13-7-4-8-14-24/h4-18,25-27,31H,19-23H2,1-3H3/t25-,26-,27-/m1/s1. The Morgan fingerprint density at radius 2 is 1.21 bits per heavy atom. The van der Waals surface area contributed by atoms with Crippen molar-refractivity contribution in [2.75, 3.05) is 13.2 Å². The molecule has 3 aromatic rings. The average molecular weight is 475 g/mol. The van der Waals surface area contributed by atoms with Crippen LogP contribution in [0.5, 0.6) is 0 Å². The average Bonchev–Trinajstić information content (AvgIpc) is 3.20. The first-order valence-corrected chi connectivity index (χ1v) is 14.4. The molecule has 0 amide bonds. The molecule has 4 heteroatoms. The summed E-state index contributed by atoms with van der Waals surface area (Å²) in [6.07, 6.45) is 1.28. The highest BCUT2D eigenvalue weighted by molar-refractivity contribution is 6.99. The highest BCUT2D eigenvalue weighted by atomic mass is 28.4. The van der Waals surface area contributed by atoms with E-state index in [2.05, 4.69) is 93.6 Å². The molecular formula is C30H38O3Si. The van der Waals surface area contributed by atoms with Crippen molar-refractivity contribution in [2.45, 2.75) is 51.4 Å². The fourth-order valence-corrected chi connectivity index (χ4v) is 10.1. The number of hydrogen-bond donors (Lipinski definition) is 1. The van der Waals surface area contributed by atoms with Crippen LogP contribution in [0.15, 0.2) is 91.0 Å². The lowest BCUT2D eigenvalue weighted by molar-refractivity contribution is 0.0613. The van der Waals surface area contributed by atoms with E-state index >= 15 is 0 Å². The van der Waals surface area contributed by atoms with E-state index in [0.717, 1.165) is 12.8 Å². The van der Waals surface area contributed by atoms with E-state index < -0.39 is 8.32 Å². The lowest BCUT2D eigenvalue weighted by Gasteiger charge is -2.44. The molecule has 0 unspecified atom stereocenters. The Morgan fingerprint density at radius 3 is 1.71 bits per heavy atom. The van der Waals surface area contributed by atoms with E-state index in [1.807, 2.05) is 18.2 Å². The van der Waals surface area contributed by atoms with Gasteiger partial charge in [0.05, 0.1) is 19.3 Å². The molecule has 1 aliphatic rings. The second-order valence-electron chi connectivity index (χ2n) is 10.6. The van der Waals surface area contributed by atoms with Gasteiger partial charge in [-0.2, -0.15) is 0 Å². The number of ether oxygens (including phenoxy) is 1. The van der Waals surface area contributed by atoms with Gasteiger partial charge in [-0.1, -0.05) is 112 Å². The molecule has 34 heavy (non-hydrogen) atoms. The molecule has 0 radical (unpaired) electrons. The maximum atomic E-state index is 10.5. The van der Waals surface area contributed by atoms with Crippen LogP contribution >= 0.6 is 0 Å². The first kappa shape index (κ1) is 24.9. The van der Waals surface area contributed by atoms with Gasteiger partial charge in [0.2, 0.25) is 0 Å². The zero-order chi connectivity index (χ0) is 24.0. The maximum absolute atomic E-state index is 10.5. The van der Waals surface area contributed by atoms with Gasteiger partial charge in [-0.15, -0.1) is 0 Å². The number of hydrogen-bond acceptors (Lipinski definition) is 3. The number of rotatable bonds is 9. The summed E-state index contributed by atoms with van der Waals surface area (Å²) < 4.78 is 13.3. The molecule has 4 rings (SSSR count). The third kappa shape index (κ3) is 5.52. The Labute approximate surface area is 205 Å². The Morgan fingerprint density at radius 1 is 0.735 bits per heavy atom. The first-order chi connectivity index (χ1) is 16.4. The molecule has 0 aromatic heterocycles. The molecule has 3 nitrogen and oxygen atoms in total. The van der Waals surface area contributed by atoms with Crippen LogP contribution in [0.4, 0.5) is 0 Å². The van der Waals surface area contributed by atoms with Gasteiger partial charge in [-0.05, 0) is 45.7 Å². The van der Waals surface area contributed by atoms with Gasteiger partial charge in [0.25, 0.3) is 8.32 Å². The minimum atomic E-state index is -2.57. The van der Waals surface area contributed by atoms with Crippen molar-refractivity contribution < 1.29 is 14.3 Å². The molecule has 1 N–H and O–H groups in total. The molecular weight excluding hydrogens is 436 g/mol. The van der Waals surface area contributed by atoms with Gasteiger partial charge in [0.1, 0.15) is 0 Å². The lowest BCUT2D eigenvalue weighted by atomic mass is 9.98. The SMILES string of the molecule is CC(C)(C)[Si](OC[C@H]1C[C@H](O)C[C@@H]1COCc1ccccc1)(c1ccccc1)c1ccccc1. The zero-order valence-electron chi connectivity index (χ0n) is 20.7. The van der Waals surface area contributed by atoms with Gasteiger partial charge >= 0.3 is 0 Å². The third-order valence-electron chi connectivity index (χ3n) is 7.19. The van der Waals surface area contributed by atoms with Crippen molar-refractivity contribution in [3.05, 3.63) is 96.6 Å². The molecule has 0 spiro atoms. The number of benzene rings is 3. The number of aliphatic hydroxyl groups is 1. The van der Waals surface area contributed by atoms with Crippen LogP contribution in [0.3, 0.4) is 0 Å². The summed E-state index contributed by atoms with van der Waals surface area (Å²) in [5.74, 6) is 0.587. The van der Waals surface area contributed by atoms with Crippen molar-refractivity contribution >= 4 is 18.7 Å². The third-order valence-corrected chi connectivity index (χ3v) is 12.2. The molecule has 0 bridgehead atoms. The predicted octanol–water partition coefficient (Wildman–Crippen LogP) is 5.17. The van der Waals surface area contributed by atoms with Crippen molar-refractivity contribution in [3.63, 3.8) is 0 Å². The Balaban J connectivity index is 1.54. The summed E-state index contributed by atoms with van der Waals surface area (Å²) >= 11 is 0. The summed E-state index contributed by atoms with van der Waals surface area (Å²) in [5, 5.41) is 13.1. The lowest BCUT2D eigenvalue weighted by Crippen LogP contribution is -2.67. The zero-order valence-corrected chi connectivity index (χ0v) is 21.7. The summed E-state index contributed by atoms with van der Waals surface area (Å²) in [4.78, 5) is 0. The summed E-state index contributed by atoms with van der Waals surface area (Å²) in [6, 6.07) is 31.8. The van der Waals surface area contributed by atoms with Crippen LogP contribution in [0.1, 0.15) is 39.2 Å². The van der Waals surface area contributed by atoms with E-state index in [-0.39, 0.29) is 17.1 Å². The van der Waals surface area contributed by atoms with Crippen molar-refractivity contribution in [2.24, 2.45) is 11.8 Å². The fraction of sp³-hybridized carbons (Fsp3) is 0.400. The highest BCUT2D eigenvalue weighted by Gasteiger charge is 2.51. The van der Waals surface area contributed by atoms with Crippen LogP contribution < -0.4 is 10.4 Å². The van der Waals surface area contributed by atoms with Gasteiger partial charge in [0.15, 0.2) is 0 Å². The van der Waals surface area contributed by atoms with Crippen molar-refractivity contribution in [3.8, 4) is 0 Å². The topological polar surface area (TPSA) is 38.7 Å². The van der Waals surface area contributed by atoms with Crippen LogP contribution in [0.25, 0.3) is 0 Å². The molecule has 0 saturated heterocycles. The highest BCUT2D eigenvalue weighted by Crippen LogP contribution is 2.39. The van der Waals surface area contributed by atoms with E-state index in [1.54, 1.807) is 0 Å². The predicted molar refractivity (Wildman–Crippen MR) is 142 cm³/mol. The van der Waals surface area contributed by atoms with Crippen LogP contribution in [-0.2, 0) is 15.8 Å². The molecule has 3 atom stereocenters. The first-order valence-electron chi connectivity index (χ1n) is 12.4. The van der Waals surface area contributed by atoms with E-state index in [4.69, 9.17) is 9.16 Å². The molecule has 1 saturated carbocycles. The van der Waals surface area contributed by atoms with E-state index in [9.17, 15) is 5.11 Å². The van der Waals surface area contributed by atoms with Gasteiger partial charge in [-0.25, -0.2) is 0 Å². The molecule has 180 valence electrons. The van der Waals surface area contributed by atoms with Crippen molar-refractivity contribution in [1.29, 1.82) is 0 Å². The quantitative estimate of drug-likeness (QED) is 0.435. The number of aliphatic hydroxyl groups excluding tert-OH is 1. The summed E-state index contributed by atoms with van der Waals surface area (Å²) in [7, 11) is -2.57. The Hall–Kier alpha value is -2.24. The molecule has 1 fully saturated rings. The minimum absolute atomic E-state index is 0.0494. The minimum Gasteiger partial charge on any atom is -0.407 e. The maximum Gasteiger partial charge on any atom is 0.261 e. The van der Waals surface area contributed by atoms with Gasteiger partial charge in [0, 0.05) is 6.61 Å².